The molecule has 3 rings (SSSR count). The highest BCUT2D eigenvalue weighted by atomic mass is 16.5. The van der Waals surface area contributed by atoms with E-state index < -0.39 is 0 Å². The molecular weight excluding hydrogens is 276 g/mol. The molecule has 1 atom stereocenters. The highest BCUT2D eigenvalue weighted by Crippen LogP contribution is 2.15. The molecule has 2 N–H and O–H groups in total. The Morgan fingerprint density at radius 3 is 3.00 bits per heavy atom. The maximum atomic E-state index is 5.89. The van der Waals surface area contributed by atoms with Crippen LogP contribution in [0.5, 0.6) is 0 Å². The Labute approximate surface area is 131 Å². The quantitative estimate of drug-likeness (QED) is 0.913. The fraction of sp³-hybridized carbons (Fsp3) is 0.412. The molecule has 0 unspecified atom stereocenters. The number of ether oxygens (including phenoxy) is 1. The molecule has 0 amide bonds. The molecule has 5 heteroatoms. The number of nitrogen functional groups attached to an aromatic ring is 1. The summed E-state index contributed by atoms with van der Waals surface area (Å²) in [5.74, 6) is 0.582. The Morgan fingerprint density at radius 1 is 1.23 bits per heavy atom. The summed E-state index contributed by atoms with van der Waals surface area (Å²) in [6.07, 6.45) is 5.85. The number of rotatable bonds is 5. The fourth-order valence-electron chi connectivity index (χ4n) is 2.80. The first-order valence-electron chi connectivity index (χ1n) is 7.74. The van der Waals surface area contributed by atoms with Gasteiger partial charge in [-0.3, -0.25) is 9.88 Å². The lowest BCUT2D eigenvalue weighted by Crippen LogP contribution is -2.42. The Bertz CT molecular complexity index is 590. The van der Waals surface area contributed by atoms with Gasteiger partial charge in [-0.1, -0.05) is 6.07 Å². The van der Waals surface area contributed by atoms with Gasteiger partial charge < -0.3 is 10.5 Å². The van der Waals surface area contributed by atoms with Crippen LogP contribution in [-0.4, -0.2) is 40.7 Å². The van der Waals surface area contributed by atoms with Crippen molar-refractivity contribution in [2.24, 2.45) is 0 Å². The van der Waals surface area contributed by atoms with Crippen molar-refractivity contribution in [1.29, 1.82) is 0 Å². The van der Waals surface area contributed by atoms with E-state index in [1.165, 1.54) is 5.56 Å². The average molecular weight is 298 g/mol. The third kappa shape index (κ3) is 4.26. The molecule has 0 radical (unpaired) electrons. The summed E-state index contributed by atoms with van der Waals surface area (Å²) in [6, 6.07) is 10.0. The van der Waals surface area contributed by atoms with E-state index in [4.69, 9.17) is 10.5 Å². The first-order chi connectivity index (χ1) is 10.8. The molecule has 3 heterocycles. The number of anilines is 1. The maximum absolute atomic E-state index is 5.89. The summed E-state index contributed by atoms with van der Waals surface area (Å²) in [5, 5.41) is 0. The van der Waals surface area contributed by atoms with Crippen molar-refractivity contribution < 1.29 is 4.74 Å². The van der Waals surface area contributed by atoms with Crippen LogP contribution in [0.4, 0.5) is 5.82 Å². The van der Waals surface area contributed by atoms with Gasteiger partial charge in [0.05, 0.1) is 18.4 Å². The number of aromatic nitrogens is 2. The van der Waals surface area contributed by atoms with E-state index in [9.17, 15) is 0 Å². The number of nitrogens with zero attached hydrogens (tertiary/aromatic N) is 3. The second-order valence-corrected chi connectivity index (χ2v) is 5.68. The van der Waals surface area contributed by atoms with Gasteiger partial charge in [0.2, 0.25) is 0 Å². The van der Waals surface area contributed by atoms with Crippen molar-refractivity contribution in [1.82, 2.24) is 14.9 Å². The number of morpholine rings is 1. The van der Waals surface area contributed by atoms with Crippen LogP contribution in [0, 0.1) is 0 Å². The molecule has 22 heavy (non-hydrogen) atoms. The van der Waals surface area contributed by atoms with Crippen LogP contribution in [0.15, 0.2) is 42.7 Å². The van der Waals surface area contributed by atoms with Crippen LogP contribution in [-0.2, 0) is 17.7 Å². The second kappa shape index (κ2) is 7.33. The number of pyridine rings is 2. The van der Waals surface area contributed by atoms with Gasteiger partial charge in [0.15, 0.2) is 0 Å². The Balaban J connectivity index is 1.50. The van der Waals surface area contributed by atoms with Crippen LogP contribution in [0.25, 0.3) is 0 Å². The zero-order valence-corrected chi connectivity index (χ0v) is 12.7. The van der Waals surface area contributed by atoms with Gasteiger partial charge in [0, 0.05) is 32.0 Å². The maximum Gasteiger partial charge on any atom is 0.123 e. The first kappa shape index (κ1) is 14.9. The molecular formula is C17H22N4O. The minimum Gasteiger partial charge on any atom is -0.384 e. The molecule has 0 bridgehead atoms. The van der Waals surface area contributed by atoms with Gasteiger partial charge >= 0.3 is 0 Å². The molecule has 0 aromatic carbocycles. The monoisotopic (exact) mass is 298 g/mol. The highest BCUT2D eigenvalue weighted by Gasteiger charge is 2.20. The minimum absolute atomic E-state index is 0.270. The summed E-state index contributed by atoms with van der Waals surface area (Å²) < 4.78 is 5.89. The standard InChI is InChI=1S/C17H22N4O/c18-17-11-14(6-8-20-17)4-5-16-13-21(9-10-22-16)12-15-3-1-2-7-19-15/h1-3,6-8,11,16H,4-5,9-10,12-13H2,(H2,18,20)/t16-/m0/s1. The molecule has 1 saturated heterocycles. The van der Waals surface area contributed by atoms with Gasteiger partial charge in [-0.25, -0.2) is 4.98 Å². The Morgan fingerprint density at radius 2 is 2.18 bits per heavy atom. The number of hydrogen-bond acceptors (Lipinski definition) is 5. The smallest absolute Gasteiger partial charge is 0.123 e. The van der Waals surface area contributed by atoms with E-state index in [1.54, 1.807) is 6.20 Å². The molecule has 0 spiro atoms. The van der Waals surface area contributed by atoms with E-state index in [0.29, 0.717) is 5.82 Å². The molecule has 1 aliphatic rings. The van der Waals surface area contributed by atoms with Crippen molar-refractivity contribution in [2.45, 2.75) is 25.5 Å². The minimum atomic E-state index is 0.270. The lowest BCUT2D eigenvalue weighted by molar-refractivity contribution is -0.0349. The van der Waals surface area contributed by atoms with E-state index in [1.807, 2.05) is 30.5 Å². The SMILES string of the molecule is Nc1cc(CC[C@H]2CN(Cc3ccccn3)CCO2)ccn1. The van der Waals surface area contributed by atoms with Gasteiger partial charge in [-0.05, 0) is 42.7 Å². The summed E-state index contributed by atoms with van der Waals surface area (Å²) in [6.45, 7) is 3.60. The summed E-state index contributed by atoms with van der Waals surface area (Å²) in [5.41, 5.74) is 8.05. The summed E-state index contributed by atoms with van der Waals surface area (Å²) in [7, 11) is 0. The van der Waals surface area contributed by atoms with Crippen molar-refractivity contribution in [3.05, 3.63) is 54.0 Å². The Kier molecular flexibility index (Phi) is 4.98. The van der Waals surface area contributed by atoms with Crippen molar-refractivity contribution >= 4 is 5.82 Å². The molecule has 1 fully saturated rings. The van der Waals surface area contributed by atoms with Gasteiger partial charge in [-0.2, -0.15) is 0 Å². The van der Waals surface area contributed by atoms with Crippen LogP contribution in [0.3, 0.4) is 0 Å². The first-order valence-corrected chi connectivity index (χ1v) is 7.74. The molecule has 0 aliphatic carbocycles. The fourth-order valence-corrected chi connectivity index (χ4v) is 2.80. The number of hydrogen-bond donors (Lipinski definition) is 1. The molecule has 2 aromatic heterocycles. The van der Waals surface area contributed by atoms with Crippen molar-refractivity contribution in [2.75, 3.05) is 25.4 Å². The van der Waals surface area contributed by atoms with E-state index in [0.717, 1.165) is 44.8 Å². The van der Waals surface area contributed by atoms with E-state index >= 15 is 0 Å². The van der Waals surface area contributed by atoms with Crippen molar-refractivity contribution in [3.63, 3.8) is 0 Å². The van der Waals surface area contributed by atoms with Crippen LogP contribution in [0.1, 0.15) is 17.7 Å². The molecule has 1 aliphatic heterocycles. The second-order valence-electron chi connectivity index (χ2n) is 5.68. The summed E-state index contributed by atoms with van der Waals surface area (Å²) >= 11 is 0. The van der Waals surface area contributed by atoms with E-state index in [-0.39, 0.29) is 6.10 Å². The molecule has 5 nitrogen and oxygen atoms in total. The zero-order chi connectivity index (χ0) is 15.2. The van der Waals surface area contributed by atoms with Gasteiger partial charge in [0.25, 0.3) is 0 Å². The van der Waals surface area contributed by atoms with Crippen molar-refractivity contribution in [3.8, 4) is 0 Å². The van der Waals surface area contributed by atoms with Gasteiger partial charge in [0.1, 0.15) is 5.82 Å². The number of nitrogens with two attached hydrogens (primary N) is 1. The molecule has 0 saturated carbocycles. The predicted molar refractivity (Wildman–Crippen MR) is 86.2 cm³/mol. The van der Waals surface area contributed by atoms with Crippen LogP contribution < -0.4 is 5.73 Å². The summed E-state index contributed by atoms with van der Waals surface area (Å²) in [4.78, 5) is 10.8. The predicted octanol–water partition coefficient (Wildman–Crippen LogP) is 1.89. The molecule has 2 aromatic rings. The molecule has 116 valence electrons. The zero-order valence-electron chi connectivity index (χ0n) is 12.7. The van der Waals surface area contributed by atoms with Crippen LogP contribution >= 0.6 is 0 Å². The number of aryl methyl sites for hydroxylation is 1. The van der Waals surface area contributed by atoms with E-state index in [2.05, 4.69) is 20.9 Å². The Hall–Kier alpha value is -1.98. The van der Waals surface area contributed by atoms with Crippen LogP contribution in [0.2, 0.25) is 0 Å². The average Bonchev–Trinajstić information content (AvgIpc) is 2.54. The highest BCUT2D eigenvalue weighted by molar-refractivity contribution is 5.31. The lowest BCUT2D eigenvalue weighted by Gasteiger charge is -2.32. The normalized spacial score (nSPS) is 19.2. The third-order valence-electron chi connectivity index (χ3n) is 3.94. The lowest BCUT2D eigenvalue weighted by atomic mass is 10.1. The third-order valence-corrected chi connectivity index (χ3v) is 3.94. The van der Waals surface area contributed by atoms with Gasteiger partial charge in [-0.15, -0.1) is 0 Å². The largest absolute Gasteiger partial charge is 0.384 e. The topological polar surface area (TPSA) is 64.3 Å².